The fourth-order valence-corrected chi connectivity index (χ4v) is 3.68. The van der Waals surface area contributed by atoms with Crippen LogP contribution in [0.3, 0.4) is 0 Å². The van der Waals surface area contributed by atoms with Gasteiger partial charge < -0.3 is 5.32 Å². The molecule has 0 atom stereocenters. The van der Waals surface area contributed by atoms with Gasteiger partial charge in [-0.25, -0.2) is 8.42 Å². The number of hydrogen-bond acceptors (Lipinski definition) is 3. The molecule has 6 heteroatoms. The van der Waals surface area contributed by atoms with Gasteiger partial charge in [-0.05, 0) is 67.0 Å². The molecule has 0 saturated heterocycles. The normalized spacial score (nSPS) is 15.4. The van der Waals surface area contributed by atoms with E-state index in [1.54, 1.807) is 6.07 Å². The van der Waals surface area contributed by atoms with Crippen molar-refractivity contribution in [2.24, 2.45) is 0 Å². The first kappa shape index (κ1) is 15.1. The van der Waals surface area contributed by atoms with Crippen molar-refractivity contribution in [3.8, 4) is 0 Å². The smallest absolute Gasteiger partial charge is 0.232 e. The lowest BCUT2D eigenvalue weighted by Crippen LogP contribution is -2.20. The van der Waals surface area contributed by atoms with Crippen molar-refractivity contribution < 1.29 is 8.42 Å². The van der Waals surface area contributed by atoms with Gasteiger partial charge in [0.1, 0.15) is 0 Å². The van der Waals surface area contributed by atoms with Gasteiger partial charge in [-0.3, -0.25) is 4.72 Å². The van der Waals surface area contributed by atoms with Crippen LogP contribution < -0.4 is 10.0 Å². The molecule has 1 aromatic rings. The molecule has 2 rings (SSSR count). The summed E-state index contributed by atoms with van der Waals surface area (Å²) in [5, 5.41) is 3.39. The summed E-state index contributed by atoms with van der Waals surface area (Å²) in [5.41, 5.74) is 0.666. The van der Waals surface area contributed by atoms with Crippen LogP contribution in [0, 0.1) is 3.57 Å². The van der Waals surface area contributed by atoms with Crippen LogP contribution in [0.4, 0.5) is 5.69 Å². The second kappa shape index (κ2) is 6.90. The number of para-hydroxylation sites is 1. The van der Waals surface area contributed by atoms with E-state index in [0.717, 1.165) is 16.5 Å². The van der Waals surface area contributed by atoms with Crippen molar-refractivity contribution in [3.63, 3.8) is 0 Å². The van der Waals surface area contributed by atoms with E-state index in [1.165, 1.54) is 12.8 Å². The van der Waals surface area contributed by atoms with E-state index in [1.807, 2.05) is 18.2 Å². The van der Waals surface area contributed by atoms with E-state index < -0.39 is 10.0 Å². The van der Waals surface area contributed by atoms with E-state index in [4.69, 9.17) is 0 Å². The van der Waals surface area contributed by atoms with Gasteiger partial charge in [-0.2, -0.15) is 0 Å². The third-order valence-electron chi connectivity index (χ3n) is 2.99. The zero-order valence-corrected chi connectivity index (χ0v) is 13.7. The molecule has 0 unspecified atom stereocenters. The molecule has 2 N–H and O–H groups in total. The lowest BCUT2D eigenvalue weighted by Gasteiger charge is -2.09. The van der Waals surface area contributed by atoms with Crippen molar-refractivity contribution >= 4 is 38.3 Å². The summed E-state index contributed by atoms with van der Waals surface area (Å²) in [4.78, 5) is 0. The zero-order valence-electron chi connectivity index (χ0n) is 10.7. The van der Waals surface area contributed by atoms with Crippen LogP contribution >= 0.6 is 22.6 Å². The van der Waals surface area contributed by atoms with Gasteiger partial charge in [0, 0.05) is 9.61 Å². The molecule has 0 heterocycles. The van der Waals surface area contributed by atoms with Crippen LogP contribution in [-0.4, -0.2) is 26.8 Å². The summed E-state index contributed by atoms with van der Waals surface area (Å²) >= 11 is 2.13. The summed E-state index contributed by atoms with van der Waals surface area (Å²) in [6, 6.07) is 8.09. The molecule has 0 aliphatic heterocycles. The first-order chi connectivity index (χ1) is 9.07. The number of halogens is 1. The molecule has 1 fully saturated rings. The first-order valence-electron chi connectivity index (χ1n) is 6.55. The highest BCUT2D eigenvalue weighted by atomic mass is 127. The number of nitrogens with one attached hydrogen (secondary N) is 2. The van der Waals surface area contributed by atoms with Crippen molar-refractivity contribution in [1.29, 1.82) is 0 Å². The Hall–Kier alpha value is -0.340. The third-order valence-corrected chi connectivity index (χ3v) is 5.29. The van der Waals surface area contributed by atoms with Crippen molar-refractivity contribution in [2.45, 2.75) is 31.7 Å². The number of rotatable bonds is 8. The lowest BCUT2D eigenvalue weighted by molar-refractivity contribution is 0.591. The fraction of sp³-hybridized carbons (Fsp3) is 0.538. The molecule has 1 saturated carbocycles. The zero-order chi connectivity index (χ0) is 13.7. The monoisotopic (exact) mass is 394 g/mol. The Labute approximate surface area is 128 Å². The maximum atomic E-state index is 11.9. The van der Waals surface area contributed by atoms with Crippen LogP contribution in [0.2, 0.25) is 0 Å². The lowest BCUT2D eigenvalue weighted by atomic mass is 10.3. The Bertz CT molecular complexity index is 515. The maximum absolute atomic E-state index is 11.9. The van der Waals surface area contributed by atoms with E-state index in [-0.39, 0.29) is 5.75 Å². The molecule has 19 heavy (non-hydrogen) atoms. The maximum Gasteiger partial charge on any atom is 0.232 e. The largest absolute Gasteiger partial charge is 0.314 e. The van der Waals surface area contributed by atoms with Crippen LogP contribution in [0.5, 0.6) is 0 Å². The van der Waals surface area contributed by atoms with Crippen LogP contribution in [0.15, 0.2) is 24.3 Å². The van der Waals surface area contributed by atoms with Crippen LogP contribution in [0.1, 0.15) is 25.7 Å². The molecule has 4 nitrogen and oxygen atoms in total. The van der Waals surface area contributed by atoms with Gasteiger partial charge in [0.2, 0.25) is 10.0 Å². The number of hydrogen-bond donors (Lipinski definition) is 2. The molecular formula is C13H19IN2O2S. The SMILES string of the molecule is O=S(=O)(CCCCNC1CC1)Nc1ccccc1I. The highest BCUT2D eigenvalue weighted by molar-refractivity contribution is 14.1. The standard InChI is InChI=1S/C13H19IN2O2S/c14-12-5-1-2-6-13(12)16-19(17,18)10-4-3-9-15-11-7-8-11/h1-2,5-6,11,15-16H,3-4,7-10H2. The van der Waals surface area contributed by atoms with Gasteiger partial charge in [-0.1, -0.05) is 12.1 Å². The van der Waals surface area contributed by atoms with E-state index in [2.05, 4.69) is 32.6 Å². The summed E-state index contributed by atoms with van der Waals surface area (Å²) < 4.78 is 27.4. The van der Waals surface area contributed by atoms with Crippen molar-refractivity contribution in [2.75, 3.05) is 17.0 Å². The van der Waals surface area contributed by atoms with Crippen LogP contribution in [0.25, 0.3) is 0 Å². The Morgan fingerprint density at radius 1 is 1.21 bits per heavy atom. The number of sulfonamides is 1. The summed E-state index contributed by atoms with van der Waals surface area (Å²) in [5.74, 6) is 0.185. The predicted molar refractivity (Wildman–Crippen MR) is 86.8 cm³/mol. The van der Waals surface area contributed by atoms with Gasteiger partial charge >= 0.3 is 0 Å². The van der Waals surface area contributed by atoms with E-state index >= 15 is 0 Å². The summed E-state index contributed by atoms with van der Waals surface area (Å²) in [6.07, 6.45) is 4.14. The average Bonchev–Trinajstić information content (AvgIpc) is 3.15. The number of unbranched alkanes of at least 4 members (excludes halogenated alkanes) is 1. The molecule has 0 radical (unpaired) electrons. The highest BCUT2D eigenvalue weighted by Gasteiger charge is 2.19. The fourth-order valence-electron chi connectivity index (χ4n) is 1.77. The molecule has 0 amide bonds. The highest BCUT2D eigenvalue weighted by Crippen LogP contribution is 2.19. The second-order valence-corrected chi connectivity index (χ2v) is 7.84. The average molecular weight is 394 g/mol. The Morgan fingerprint density at radius 3 is 2.63 bits per heavy atom. The van der Waals surface area contributed by atoms with Gasteiger partial charge in [0.05, 0.1) is 11.4 Å². The molecule has 1 aliphatic carbocycles. The summed E-state index contributed by atoms with van der Waals surface area (Å²) in [6.45, 7) is 0.920. The van der Waals surface area contributed by atoms with Crippen molar-refractivity contribution in [3.05, 3.63) is 27.8 Å². The minimum atomic E-state index is -3.22. The van der Waals surface area contributed by atoms with Crippen molar-refractivity contribution in [1.82, 2.24) is 5.32 Å². The molecule has 1 aliphatic rings. The van der Waals surface area contributed by atoms with Crippen LogP contribution in [-0.2, 0) is 10.0 Å². The third kappa shape index (κ3) is 5.66. The molecule has 0 aromatic heterocycles. The first-order valence-corrected chi connectivity index (χ1v) is 9.28. The molecule has 0 bridgehead atoms. The molecule has 106 valence electrons. The Balaban J connectivity index is 1.73. The topological polar surface area (TPSA) is 58.2 Å². The number of benzene rings is 1. The van der Waals surface area contributed by atoms with Gasteiger partial charge in [0.25, 0.3) is 0 Å². The van der Waals surface area contributed by atoms with E-state index in [0.29, 0.717) is 18.2 Å². The minimum Gasteiger partial charge on any atom is -0.314 e. The summed E-state index contributed by atoms with van der Waals surface area (Å²) in [7, 11) is -3.22. The second-order valence-electron chi connectivity index (χ2n) is 4.84. The molecular weight excluding hydrogens is 375 g/mol. The van der Waals surface area contributed by atoms with Gasteiger partial charge in [0.15, 0.2) is 0 Å². The minimum absolute atomic E-state index is 0.185. The predicted octanol–water partition coefficient (Wildman–Crippen LogP) is 2.57. The van der Waals surface area contributed by atoms with E-state index in [9.17, 15) is 8.42 Å². The van der Waals surface area contributed by atoms with Gasteiger partial charge in [-0.15, -0.1) is 0 Å². The Kier molecular flexibility index (Phi) is 5.47. The Morgan fingerprint density at radius 2 is 1.95 bits per heavy atom. The molecule has 0 spiro atoms. The molecule has 1 aromatic carbocycles. The number of anilines is 1. The quantitative estimate of drug-likeness (QED) is 0.527.